The Balaban J connectivity index is 2.35. The van der Waals surface area contributed by atoms with Crippen molar-refractivity contribution in [1.29, 1.82) is 0 Å². The first-order valence-electron chi connectivity index (χ1n) is 5.74. The van der Waals surface area contributed by atoms with E-state index in [4.69, 9.17) is 10.5 Å². The molecule has 122 valence electrons. The molecule has 2 rings (SSSR count). The van der Waals surface area contributed by atoms with Gasteiger partial charge in [-0.15, -0.1) is 0 Å². The maximum Gasteiger partial charge on any atom is 0.422 e. The van der Waals surface area contributed by atoms with Gasteiger partial charge >= 0.3 is 11.9 Å². The summed E-state index contributed by atoms with van der Waals surface area (Å²) in [6.45, 7) is 0. The van der Waals surface area contributed by atoms with Crippen molar-refractivity contribution in [3.05, 3.63) is 51.6 Å². The molecular weight excluding hydrogens is 329 g/mol. The second kappa shape index (κ2) is 5.66. The third-order valence-corrected chi connectivity index (χ3v) is 2.60. The second-order valence-corrected chi connectivity index (χ2v) is 4.17. The van der Waals surface area contributed by atoms with E-state index in [0.29, 0.717) is 12.1 Å². The van der Waals surface area contributed by atoms with Crippen LogP contribution in [0.25, 0.3) is 0 Å². The first-order chi connectivity index (χ1) is 10.6. The van der Waals surface area contributed by atoms with E-state index < -0.39 is 45.6 Å². The van der Waals surface area contributed by atoms with Gasteiger partial charge in [0, 0.05) is 24.3 Å². The zero-order valence-corrected chi connectivity index (χ0v) is 10.9. The molecule has 0 aliphatic carbocycles. The van der Waals surface area contributed by atoms with Crippen molar-refractivity contribution < 1.29 is 31.6 Å². The topological polar surface area (TPSA) is 91.3 Å². The number of pyridine rings is 1. The molecule has 0 atom stereocenters. The van der Waals surface area contributed by atoms with Crippen molar-refractivity contribution in [2.45, 2.75) is 6.18 Å². The molecule has 0 saturated carbocycles. The Morgan fingerprint density at radius 1 is 1.17 bits per heavy atom. The van der Waals surface area contributed by atoms with Crippen LogP contribution < -0.4 is 10.5 Å². The summed E-state index contributed by atoms with van der Waals surface area (Å²) in [4.78, 5) is 13.2. The minimum Gasteiger partial charge on any atom is -0.439 e. The van der Waals surface area contributed by atoms with Gasteiger partial charge in [0.1, 0.15) is 22.9 Å². The molecule has 2 aromatic rings. The van der Waals surface area contributed by atoms with Gasteiger partial charge in [0.15, 0.2) is 0 Å². The van der Waals surface area contributed by atoms with Gasteiger partial charge in [-0.3, -0.25) is 10.1 Å². The Bertz CT molecular complexity index is 756. The van der Waals surface area contributed by atoms with Gasteiger partial charge < -0.3 is 10.5 Å². The molecule has 0 radical (unpaired) electrons. The Labute approximate surface area is 124 Å². The summed E-state index contributed by atoms with van der Waals surface area (Å²) in [5, 5.41) is 10.6. The standard InChI is InChI=1S/C12H6F5N3O3/c13-6-3-5(4-7(14)10(6)12(15,16)17)23-9-2-1-8(20(21)22)11(18)19-9/h1-4H,(H2,18,19). The van der Waals surface area contributed by atoms with Crippen molar-refractivity contribution in [3.8, 4) is 11.6 Å². The highest BCUT2D eigenvalue weighted by atomic mass is 19.4. The predicted octanol–water partition coefficient (Wildman–Crippen LogP) is 3.66. The van der Waals surface area contributed by atoms with Crippen molar-refractivity contribution >= 4 is 11.5 Å². The lowest BCUT2D eigenvalue weighted by molar-refractivity contribution is -0.384. The third-order valence-electron chi connectivity index (χ3n) is 2.60. The van der Waals surface area contributed by atoms with E-state index >= 15 is 0 Å². The fourth-order valence-corrected chi connectivity index (χ4v) is 1.66. The minimum atomic E-state index is -5.21. The Hall–Kier alpha value is -2.98. The van der Waals surface area contributed by atoms with Crippen LogP contribution in [-0.4, -0.2) is 9.91 Å². The summed E-state index contributed by atoms with van der Waals surface area (Å²) in [6, 6.07) is 2.52. The van der Waals surface area contributed by atoms with Crippen molar-refractivity contribution in [3.63, 3.8) is 0 Å². The van der Waals surface area contributed by atoms with E-state index in [2.05, 4.69) is 4.98 Å². The number of anilines is 1. The van der Waals surface area contributed by atoms with Crippen LogP contribution in [0, 0.1) is 21.7 Å². The first kappa shape index (κ1) is 16.4. The number of aromatic nitrogens is 1. The number of nitro groups is 1. The fraction of sp³-hybridized carbons (Fsp3) is 0.0833. The lowest BCUT2D eigenvalue weighted by Crippen LogP contribution is -2.11. The number of nitrogens with zero attached hydrogens (tertiary/aromatic N) is 2. The van der Waals surface area contributed by atoms with Gasteiger partial charge in [0.05, 0.1) is 4.92 Å². The first-order valence-corrected chi connectivity index (χ1v) is 5.74. The zero-order valence-electron chi connectivity index (χ0n) is 10.9. The molecule has 0 aliphatic rings. The molecule has 0 bridgehead atoms. The van der Waals surface area contributed by atoms with Gasteiger partial charge in [0.2, 0.25) is 11.7 Å². The monoisotopic (exact) mass is 335 g/mol. The molecule has 0 aliphatic heterocycles. The molecule has 1 aromatic heterocycles. The highest BCUT2D eigenvalue weighted by Crippen LogP contribution is 2.36. The number of ether oxygens (including phenoxy) is 1. The smallest absolute Gasteiger partial charge is 0.422 e. The summed E-state index contributed by atoms with van der Waals surface area (Å²) in [7, 11) is 0. The van der Waals surface area contributed by atoms with Gasteiger partial charge in [0.25, 0.3) is 0 Å². The Morgan fingerprint density at radius 3 is 2.17 bits per heavy atom. The molecule has 0 fully saturated rings. The summed E-state index contributed by atoms with van der Waals surface area (Å²) in [5.41, 5.74) is 2.71. The number of benzene rings is 1. The number of nitrogen functional groups attached to an aromatic ring is 1. The Kier molecular flexibility index (Phi) is 4.04. The molecule has 11 heteroatoms. The number of alkyl halides is 3. The van der Waals surface area contributed by atoms with E-state index in [1.807, 2.05) is 0 Å². The molecule has 2 N–H and O–H groups in total. The lowest BCUT2D eigenvalue weighted by Gasteiger charge is -2.11. The number of nitrogens with two attached hydrogens (primary N) is 1. The van der Waals surface area contributed by atoms with Crippen LogP contribution in [-0.2, 0) is 6.18 Å². The fourth-order valence-electron chi connectivity index (χ4n) is 1.66. The van der Waals surface area contributed by atoms with Crippen molar-refractivity contribution in [2.24, 2.45) is 0 Å². The maximum absolute atomic E-state index is 13.4. The molecule has 6 nitrogen and oxygen atoms in total. The van der Waals surface area contributed by atoms with E-state index in [0.717, 1.165) is 12.1 Å². The van der Waals surface area contributed by atoms with Gasteiger partial charge in [-0.25, -0.2) is 8.78 Å². The van der Waals surface area contributed by atoms with Crippen LogP contribution >= 0.6 is 0 Å². The molecule has 0 unspecified atom stereocenters. The summed E-state index contributed by atoms with van der Waals surface area (Å²) >= 11 is 0. The van der Waals surface area contributed by atoms with Crippen molar-refractivity contribution in [1.82, 2.24) is 4.98 Å². The van der Waals surface area contributed by atoms with Crippen LogP contribution in [0.5, 0.6) is 11.6 Å². The largest absolute Gasteiger partial charge is 0.439 e. The van der Waals surface area contributed by atoms with Crippen LogP contribution in [0.15, 0.2) is 24.3 Å². The van der Waals surface area contributed by atoms with E-state index in [-0.39, 0.29) is 5.88 Å². The molecule has 0 amide bonds. The van der Waals surface area contributed by atoms with Crippen LogP contribution in [0.4, 0.5) is 33.5 Å². The number of rotatable bonds is 3. The van der Waals surface area contributed by atoms with Gasteiger partial charge in [-0.2, -0.15) is 18.2 Å². The molecule has 0 spiro atoms. The normalized spacial score (nSPS) is 11.3. The summed E-state index contributed by atoms with van der Waals surface area (Å²) < 4.78 is 68.9. The predicted molar refractivity (Wildman–Crippen MR) is 66.7 cm³/mol. The molecule has 1 aromatic carbocycles. The third kappa shape index (κ3) is 3.44. The van der Waals surface area contributed by atoms with E-state index in [1.165, 1.54) is 0 Å². The number of hydrogen-bond donors (Lipinski definition) is 1. The Morgan fingerprint density at radius 2 is 1.74 bits per heavy atom. The van der Waals surface area contributed by atoms with Crippen LogP contribution in [0.2, 0.25) is 0 Å². The minimum absolute atomic E-state index is 0.311. The number of hydrogen-bond acceptors (Lipinski definition) is 5. The summed E-state index contributed by atoms with van der Waals surface area (Å²) in [5.74, 6) is -5.27. The molecule has 23 heavy (non-hydrogen) atoms. The average Bonchev–Trinajstić information content (AvgIpc) is 2.35. The lowest BCUT2D eigenvalue weighted by atomic mass is 10.2. The molecular formula is C12H6F5N3O3. The zero-order chi connectivity index (χ0) is 17.4. The quantitative estimate of drug-likeness (QED) is 0.525. The second-order valence-electron chi connectivity index (χ2n) is 4.17. The SMILES string of the molecule is Nc1nc(Oc2cc(F)c(C(F)(F)F)c(F)c2)ccc1[N+](=O)[O-]. The van der Waals surface area contributed by atoms with Crippen molar-refractivity contribution in [2.75, 3.05) is 5.73 Å². The van der Waals surface area contributed by atoms with Crippen LogP contribution in [0.1, 0.15) is 5.56 Å². The van der Waals surface area contributed by atoms with E-state index in [9.17, 15) is 32.1 Å². The average molecular weight is 335 g/mol. The van der Waals surface area contributed by atoms with Gasteiger partial charge in [-0.1, -0.05) is 0 Å². The van der Waals surface area contributed by atoms with Gasteiger partial charge in [-0.05, 0) is 0 Å². The summed E-state index contributed by atoms with van der Waals surface area (Å²) in [6.07, 6.45) is -5.21. The molecule has 1 heterocycles. The maximum atomic E-state index is 13.4. The van der Waals surface area contributed by atoms with Crippen LogP contribution in [0.3, 0.4) is 0 Å². The van der Waals surface area contributed by atoms with E-state index in [1.54, 1.807) is 0 Å². The molecule has 0 saturated heterocycles. The number of halogens is 5. The highest BCUT2D eigenvalue weighted by molar-refractivity contribution is 5.53. The highest BCUT2D eigenvalue weighted by Gasteiger charge is 2.38.